The molecule has 320 valence electrons. The summed E-state index contributed by atoms with van der Waals surface area (Å²) in [6, 6.07) is 19.0. The average Bonchev–Trinajstić information content (AvgIpc) is 3.20. The van der Waals surface area contributed by atoms with Gasteiger partial charge < -0.3 is 31.1 Å². The van der Waals surface area contributed by atoms with Gasteiger partial charge in [-0.05, 0) is 52.5 Å². The highest BCUT2D eigenvalue weighted by Gasteiger charge is 2.35. The van der Waals surface area contributed by atoms with Crippen molar-refractivity contribution in [2.24, 2.45) is 0 Å². The van der Waals surface area contributed by atoms with Crippen molar-refractivity contribution in [3.05, 3.63) is 117 Å². The number of fused-ring (bicyclic) bond motifs is 4. The van der Waals surface area contributed by atoms with Gasteiger partial charge in [-0.2, -0.15) is 0 Å². The minimum Gasteiger partial charge on any atom is -0.325 e. The van der Waals surface area contributed by atoms with Crippen LogP contribution in [0.5, 0.6) is 0 Å². The summed E-state index contributed by atoms with van der Waals surface area (Å²) in [6.45, 7) is 1.11. The number of ketones is 4. The van der Waals surface area contributed by atoms with Gasteiger partial charge >= 0.3 is 0 Å². The van der Waals surface area contributed by atoms with Crippen LogP contribution in [0.1, 0.15) is 96.8 Å². The van der Waals surface area contributed by atoms with E-state index in [1.54, 1.807) is 60.7 Å². The zero-order valence-electron chi connectivity index (χ0n) is 33.5. The van der Waals surface area contributed by atoms with Crippen molar-refractivity contribution >= 4 is 92.7 Å². The number of nitrogens with zero attached hydrogens (tertiary/aromatic N) is 2. The molecule has 4 amide bonds. The molecule has 0 saturated heterocycles. The number of hydrogen-bond donors (Lipinski definition) is 4. The molecule has 6 rings (SSSR count). The van der Waals surface area contributed by atoms with Crippen molar-refractivity contribution in [3.63, 3.8) is 0 Å². The van der Waals surface area contributed by atoms with Crippen LogP contribution < -0.4 is 21.3 Å². The van der Waals surface area contributed by atoms with Crippen molar-refractivity contribution < 1.29 is 38.4 Å². The van der Waals surface area contributed by atoms with Crippen LogP contribution in [-0.2, 0) is 19.2 Å². The fraction of sp³-hybridized carbons (Fsp3) is 0.289. The van der Waals surface area contributed by atoms with E-state index in [2.05, 4.69) is 21.3 Å². The normalized spacial score (nSPS) is 12.2. The van der Waals surface area contributed by atoms with E-state index in [9.17, 15) is 38.4 Å². The molecule has 0 heterocycles. The molecule has 0 fully saturated rings. The van der Waals surface area contributed by atoms with Gasteiger partial charge in [-0.1, -0.05) is 56.0 Å². The van der Waals surface area contributed by atoms with E-state index in [1.807, 2.05) is 38.0 Å². The Morgan fingerprint density at radius 1 is 0.426 bits per heavy atom. The topological polar surface area (TPSA) is 191 Å². The summed E-state index contributed by atoms with van der Waals surface area (Å²) >= 11 is 11.2. The van der Waals surface area contributed by atoms with Gasteiger partial charge in [0.05, 0.1) is 45.0 Å². The Morgan fingerprint density at radius 2 is 0.672 bits per heavy atom. The highest BCUT2D eigenvalue weighted by atomic mass is 35.5. The zero-order valence-corrected chi connectivity index (χ0v) is 35.0. The quantitative estimate of drug-likeness (QED) is 0.0883. The highest BCUT2D eigenvalue weighted by molar-refractivity contribution is 6.34. The standard InChI is InChI=1S/C24H28N4O4.C20H16Cl2N2O4.CH4/c1-27(2)13-11-19(29)25-17-9-5-7-15-21(17)24(32)22-16(23(15)31)8-6-10-18(22)26-20(30)12-14-28(3)4;21-9-7-15(25)23-13-5-1-3-11-17(13)20(28)18-12(19(11)27)4-2-6-14(18)24-16(26)8-10-22;/h5-10H,11-14H2,1-4H3,(H,25,29)(H,26,30);1-6H,7-10H2,(H,23,25)(H,24,26);1H4. The summed E-state index contributed by atoms with van der Waals surface area (Å²) in [5.74, 6) is -2.48. The molecule has 61 heavy (non-hydrogen) atoms. The van der Waals surface area contributed by atoms with Crippen LogP contribution in [0.3, 0.4) is 0 Å². The Kier molecular flexibility index (Phi) is 16.7. The van der Waals surface area contributed by atoms with E-state index in [1.165, 1.54) is 12.1 Å². The van der Waals surface area contributed by atoms with Crippen LogP contribution >= 0.6 is 23.2 Å². The number of alkyl halides is 2. The molecule has 4 N–H and O–H groups in total. The smallest absolute Gasteiger partial charge is 0.225 e. The van der Waals surface area contributed by atoms with E-state index in [0.29, 0.717) is 24.5 Å². The van der Waals surface area contributed by atoms with E-state index >= 15 is 0 Å². The fourth-order valence-corrected chi connectivity index (χ4v) is 6.92. The summed E-state index contributed by atoms with van der Waals surface area (Å²) in [5.41, 5.74) is 2.44. The van der Waals surface area contributed by atoms with Gasteiger partial charge in [-0.15, -0.1) is 23.2 Å². The maximum absolute atomic E-state index is 13.5. The molecule has 0 atom stereocenters. The number of benzene rings is 4. The van der Waals surface area contributed by atoms with Gasteiger partial charge in [-0.3, -0.25) is 38.4 Å². The van der Waals surface area contributed by atoms with Gasteiger partial charge in [0.25, 0.3) is 0 Å². The average molecular weight is 872 g/mol. The number of carbonyl (C=O) groups is 8. The number of rotatable bonds is 14. The van der Waals surface area contributed by atoms with Crippen molar-refractivity contribution in [2.75, 3.05) is 74.3 Å². The molecule has 2 aliphatic carbocycles. The lowest BCUT2D eigenvalue weighted by Crippen LogP contribution is -2.27. The van der Waals surface area contributed by atoms with E-state index in [4.69, 9.17) is 23.2 Å². The molecule has 0 unspecified atom stereocenters. The third kappa shape index (κ3) is 11.2. The summed E-state index contributed by atoms with van der Waals surface area (Å²) < 4.78 is 0. The third-order valence-corrected chi connectivity index (χ3v) is 9.83. The Bertz CT molecular complexity index is 2240. The fourth-order valence-electron chi connectivity index (χ4n) is 6.57. The van der Waals surface area contributed by atoms with Crippen LogP contribution in [0.4, 0.5) is 22.7 Å². The number of amides is 4. The molecule has 0 aromatic heterocycles. The van der Waals surface area contributed by atoms with Crippen LogP contribution in [0.25, 0.3) is 0 Å². The summed E-state index contributed by atoms with van der Waals surface area (Å²) in [5, 5.41) is 10.8. The molecule has 16 heteroatoms. The Labute approximate surface area is 364 Å². The predicted molar refractivity (Wildman–Crippen MR) is 238 cm³/mol. The van der Waals surface area contributed by atoms with Crippen molar-refractivity contribution in [1.82, 2.24) is 9.80 Å². The van der Waals surface area contributed by atoms with Crippen LogP contribution in [0.2, 0.25) is 0 Å². The van der Waals surface area contributed by atoms with E-state index in [-0.39, 0.29) is 136 Å². The first-order valence-electron chi connectivity index (χ1n) is 19.0. The first kappa shape index (κ1) is 47.6. The minimum atomic E-state index is -0.451. The second-order valence-electron chi connectivity index (χ2n) is 14.4. The number of halogens is 2. The Hall–Kier alpha value is -6.06. The van der Waals surface area contributed by atoms with Gasteiger partial charge in [0.1, 0.15) is 0 Å². The predicted octanol–water partition coefficient (Wildman–Crippen LogP) is 6.48. The molecule has 4 aromatic carbocycles. The minimum absolute atomic E-state index is 0. The number of hydrogen-bond acceptors (Lipinski definition) is 10. The van der Waals surface area contributed by atoms with E-state index in [0.717, 1.165) is 0 Å². The number of carbonyl (C=O) groups excluding carboxylic acids is 8. The van der Waals surface area contributed by atoms with Crippen molar-refractivity contribution in [3.8, 4) is 0 Å². The van der Waals surface area contributed by atoms with Crippen LogP contribution in [-0.4, -0.2) is 110 Å². The molecule has 2 aliphatic rings. The van der Waals surface area contributed by atoms with Crippen molar-refractivity contribution in [2.45, 2.75) is 33.1 Å². The Balaban J connectivity index is 0.000000266. The monoisotopic (exact) mass is 870 g/mol. The molecular weight excluding hydrogens is 823 g/mol. The molecule has 0 radical (unpaired) electrons. The zero-order chi connectivity index (χ0) is 43.7. The third-order valence-electron chi connectivity index (χ3n) is 9.46. The number of anilines is 4. The highest BCUT2D eigenvalue weighted by Crippen LogP contribution is 2.37. The lowest BCUT2D eigenvalue weighted by atomic mass is 9.82. The molecule has 0 spiro atoms. The van der Waals surface area contributed by atoms with Crippen LogP contribution in [0, 0.1) is 0 Å². The first-order valence-corrected chi connectivity index (χ1v) is 20.0. The molecule has 14 nitrogen and oxygen atoms in total. The maximum Gasteiger partial charge on any atom is 0.225 e. The molecule has 0 aliphatic heterocycles. The maximum atomic E-state index is 13.5. The Morgan fingerprint density at radius 3 is 0.902 bits per heavy atom. The SMILES string of the molecule is C.CN(C)CCC(=O)Nc1cccc2c1C(=O)c1c(NC(=O)CCN(C)C)cccc1C2=O.O=C(CCCl)Nc1cccc2c1C(=O)c1c(NC(=O)CCCl)cccc1C2=O. The van der Waals surface area contributed by atoms with Gasteiger partial charge in [0, 0.05) is 72.8 Å². The first-order chi connectivity index (χ1) is 28.7. The van der Waals surface area contributed by atoms with E-state index < -0.39 is 11.6 Å². The second-order valence-corrected chi connectivity index (χ2v) is 15.2. The largest absolute Gasteiger partial charge is 0.325 e. The summed E-state index contributed by atoms with van der Waals surface area (Å²) in [4.78, 5) is 105. The number of nitrogens with one attached hydrogen (secondary N) is 4. The molecule has 0 bridgehead atoms. The lowest BCUT2D eigenvalue weighted by molar-refractivity contribution is -0.117. The van der Waals surface area contributed by atoms with Gasteiger partial charge in [-0.25, -0.2) is 0 Å². The lowest BCUT2D eigenvalue weighted by Gasteiger charge is -2.23. The van der Waals surface area contributed by atoms with Gasteiger partial charge in [0.2, 0.25) is 23.6 Å². The van der Waals surface area contributed by atoms with Crippen molar-refractivity contribution in [1.29, 1.82) is 0 Å². The van der Waals surface area contributed by atoms with Crippen LogP contribution in [0.15, 0.2) is 72.8 Å². The summed E-state index contributed by atoms with van der Waals surface area (Å²) in [6.07, 6.45) is 0.651. The van der Waals surface area contributed by atoms with Gasteiger partial charge in [0.15, 0.2) is 23.1 Å². The molecular formula is C45H48Cl2N6O8. The summed E-state index contributed by atoms with van der Waals surface area (Å²) in [7, 11) is 7.46. The molecule has 0 saturated carbocycles. The molecule has 4 aromatic rings. The second kappa shape index (κ2) is 21.5.